The van der Waals surface area contributed by atoms with Gasteiger partial charge in [-0.25, -0.2) is 0 Å². The van der Waals surface area contributed by atoms with Gasteiger partial charge in [0.15, 0.2) is 0 Å². The Balaban J connectivity index is 1.49. The number of benzene rings is 1. The molecule has 0 unspecified atom stereocenters. The SMILES string of the molecule is Cc1c(C(=O)N(C)C)c2ccc(Oc3ccnc4cc(C(=O)N5CCC[C@H]5CO)sc34)cc2n1C. The zero-order valence-corrected chi connectivity index (χ0v) is 21.1. The standard InChI is InChI=1S/C26H28N4O4S/c1-15-23(26(33)28(2)3)18-8-7-17(12-20(18)29(15)4)34-21-9-10-27-19-13-22(35-24(19)21)25(32)30-11-5-6-16(30)14-31/h7-10,12-13,16,31H,5-6,11,14H2,1-4H3/t16-/m0/s1. The molecule has 1 fully saturated rings. The lowest BCUT2D eigenvalue weighted by Crippen LogP contribution is -2.37. The van der Waals surface area contributed by atoms with Gasteiger partial charge in [-0.2, -0.15) is 0 Å². The lowest BCUT2D eigenvalue weighted by atomic mass is 10.1. The molecule has 9 heteroatoms. The van der Waals surface area contributed by atoms with Crippen LogP contribution in [0.1, 0.15) is 38.6 Å². The van der Waals surface area contributed by atoms with E-state index in [9.17, 15) is 14.7 Å². The number of carbonyl (C=O) groups is 2. The maximum atomic E-state index is 13.1. The van der Waals surface area contributed by atoms with Crippen LogP contribution in [0.2, 0.25) is 0 Å². The molecule has 1 atom stereocenters. The Hall–Kier alpha value is -3.43. The molecule has 0 spiro atoms. The number of hydrogen-bond donors (Lipinski definition) is 1. The van der Waals surface area contributed by atoms with Gasteiger partial charge in [0, 0.05) is 57.1 Å². The number of amides is 2. The molecule has 0 aliphatic carbocycles. The van der Waals surface area contributed by atoms with Crippen molar-refractivity contribution in [3.8, 4) is 11.5 Å². The van der Waals surface area contributed by atoms with Crippen LogP contribution in [0.4, 0.5) is 0 Å². The maximum absolute atomic E-state index is 13.1. The van der Waals surface area contributed by atoms with Gasteiger partial charge in [-0.05, 0) is 38.0 Å². The third-order valence-electron chi connectivity index (χ3n) is 6.75. The van der Waals surface area contributed by atoms with E-state index < -0.39 is 0 Å². The van der Waals surface area contributed by atoms with Gasteiger partial charge in [0.25, 0.3) is 11.8 Å². The van der Waals surface area contributed by atoms with Crippen LogP contribution in [-0.4, -0.2) is 69.6 Å². The first kappa shape index (κ1) is 23.3. The minimum absolute atomic E-state index is 0.0216. The molecule has 0 radical (unpaired) electrons. The van der Waals surface area contributed by atoms with Gasteiger partial charge in [-0.15, -0.1) is 11.3 Å². The highest BCUT2D eigenvalue weighted by Gasteiger charge is 2.30. The third kappa shape index (κ3) is 3.94. The predicted molar refractivity (Wildman–Crippen MR) is 137 cm³/mol. The van der Waals surface area contributed by atoms with E-state index in [0.29, 0.717) is 34.0 Å². The van der Waals surface area contributed by atoms with Gasteiger partial charge in [0.1, 0.15) is 11.5 Å². The molecule has 4 heterocycles. The lowest BCUT2D eigenvalue weighted by molar-refractivity contribution is 0.0682. The topological polar surface area (TPSA) is 87.9 Å². The van der Waals surface area contributed by atoms with Crippen LogP contribution >= 0.6 is 11.3 Å². The highest BCUT2D eigenvalue weighted by atomic mass is 32.1. The van der Waals surface area contributed by atoms with Crippen molar-refractivity contribution < 1.29 is 19.4 Å². The van der Waals surface area contributed by atoms with Gasteiger partial charge in [0.2, 0.25) is 0 Å². The lowest BCUT2D eigenvalue weighted by Gasteiger charge is -2.22. The van der Waals surface area contributed by atoms with Crippen LogP contribution in [0.25, 0.3) is 21.1 Å². The molecule has 1 aliphatic rings. The smallest absolute Gasteiger partial charge is 0.264 e. The van der Waals surface area contributed by atoms with E-state index in [0.717, 1.165) is 34.1 Å². The van der Waals surface area contributed by atoms with E-state index in [1.165, 1.54) is 11.3 Å². The first-order chi connectivity index (χ1) is 16.8. The number of nitrogens with zero attached hydrogens (tertiary/aromatic N) is 4. The van der Waals surface area contributed by atoms with Crippen LogP contribution in [0, 0.1) is 6.92 Å². The number of hydrogen-bond acceptors (Lipinski definition) is 6. The van der Waals surface area contributed by atoms with Gasteiger partial charge in [0.05, 0.1) is 38.8 Å². The molecular weight excluding hydrogens is 464 g/mol. The Kier molecular flexibility index (Phi) is 5.98. The number of aliphatic hydroxyl groups is 1. The third-order valence-corrected chi connectivity index (χ3v) is 7.87. The van der Waals surface area contributed by atoms with Crippen LogP contribution in [0.5, 0.6) is 11.5 Å². The number of aliphatic hydroxyl groups excluding tert-OH is 1. The Bertz CT molecular complexity index is 1450. The van der Waals surface area contributed by atoms with E-state index in [4.69, 9.17) is 4.74 Å². The van der Waals surface area contributed by atoms with Crippen molar-refractivity contribution in [3.63, 3.8) is 0 Å². The van der Waals surface area contributed by atoms with Crippen molar-refractivity contribution in [3.05, 3.63) is 52.7 Å². The highest BCUT2D eigenvalue weighted by Crippen LogP contribution is 2.37. The van der Waals surface area contributed by atoms with Crippen molar-refractivity contribution in [2.75, 3.05) is 27.2 Å². The predicted octanol–water partition coefficient (Wildman–Crippen LogP) is 4.19. The van der Waals surface area contributed by atoms with Crippen molar-refractivity contribution in [2.24, 2.45) is 7.05 Å². The highest BCUT2D eigenvalue weighted by molar-refractivity contribution is 7.21. The van der Waals surface area contributed by atoms with Crippen molar-refractivity contribution in [1.29, 1.82) is 0 Å². The number of aromatic nitrogens is 2. The molecule has 1 aliphatic heterocycles. The number of fused-ring (bicyclic) bond motifs is 2. The van der Waals surface area contributed by atoms with Crippen molar-refractivity contribution in [1.82, 2.24) is 19.4 Å². The number of likely N-dealkylation sites (tertiary alicyclic amines) is 1. The van der Waals surface area contributed by atoms with E-state index >= 15 is 0 Å². The van der Waals surface area contributed by atoms with Crippen LogP contribution in [0.3, 0.4) is 0 Å². The van der Waals surface area contributed by atoms with Crippen LogP contribution in [-0.2, 0) is 7.05 Å². The zero-order valence-electron chi connectivity index (χ0n) is 20.2. The summed E-state index contributed by atoms with van der Waals surface area (Å²) in [4.78, 5) is 34.2. The largest absolute Gasteiger partial charge is 0.456 e. The van der Waals surface area contributed by atoms with E-state index in [-0.39, 0.29) is 24.5 Å². The maximum Gasteiger partial charge on any atom is 0.264 e. The summed E-state index contributed by atoms with van der Waals surface area (Å²) in [6, 6.07) is 9.17. The number of rotatable bonds is 5. The van der Waals surface area contributed by atoms with Gasteiger partial charge in [-0.3, -0.25) is 14.6 Å². The summed E-state index contributed by atoms with van der Waals surface area (Å²) in [7, 11) is 5.44. The summed E-state index contributed by atoms with van der Waals surface area (Å²) in [5.74, 6) is 1.15. The normalized spacial score (nSPS) is 15.8. The molecule has 35 heavy (non-hydrogen) atoms. The molecule has 3 aromatic heterocycles. The second-order valence-electron chi connectivity index (χ2n) is 9.11. The number of carbonyl (C=O) groups excluding carboxylic acids is 2. The Morgan fingerprint density at radius 3 is 2.80 bits per heavy atom. The minimum atomic E-state index is -0.124. The second-order valence-corrected chi connectivity index (χ2v) is 10.2. The van der Waals surface area contributed by atoms with Crippen molar-refractivity contribution in [2.45, 2.75) is 25.8 Å². The summed E-state index contributed by atoms with van der Waals surface area (Å²) in [5, 5.41) is 10.5. The molecule has 1 aromatic carbocycles. The zero-order chi connectivity index (χ0) is 24.9. The quantitative estimate of drug-likeness (QED) is 0.451. The summed E-state index contributed by atoms with van der Waals surface area (Å²) in [5.41, 5.74) is 3.19. The van der Waals surface area contributed by atoms with Gasteiger partial charge < -0.3 is 24.2 Å². The second kappa shape index (κ2) is 8.98. The van der Waals surface area contributed by atoms with E-state index in [1.807, 2.05) is 36.7 Å². The first-order valence-electron chi connectivity index (χ1n) is 11.6. The fraction of sp³-hybridized carbons (Fsp3) is 0.346. The molecule has 182 valence electrons. The van der Waals surface area contributed by atoms with E-state index in [1.54, 1.807) is 42.2 Å². The van der Waals surface area contributed by atoms with E-state index in [2.05, 4.69) is 4.98 Å². The molecule has 2 amide bonds. The molecule has 1 saturated heterocycles. The fourth-order valence-corrected chi connectivity index (χ4v) is 5.78. The summed E-state index contributed by atoms with van der Waals surface area (Å²) >= 11 is 1.36. The average molecular weight is 493 g/mol. The van der Waals surface area contributed by atoms with Crippen molar-refractivity contribution >= 4 is 44.3 Å². The number of aryl methyl sites for hydroxylation is 1. The fourth-order valence-electron chi connectivity index (χ4n) is 4.76. The molecule has 8 nitrogen and oxygen atoms in total. The first-order valence-corrected chi connectivity index (χ1v) is 12.4. The van der Waals surface area contributed by atoms with Crippen LogP contribution < -0.4 is 4.74 Å². The monoisotopic (exact) mass is 492 g/mol. The molecule has 4 aromatic rings. The summed E-state index contributed by atoms with van der Waals surface area (Å²) < 4.78 is 9.06. The van der Waals surface area contributed by atoms with Crippen LogP contribution in [0.15, 0.2) is 36.5 Å². The van der Waals surface area contributed by atoms with Gasteiger partial charge >= 0.3 is 0 Å². The number of ether oxygens (including phenoxy) is 1. The molecule has 0 bridgehead atoms. The molecule has 0 saturated carbocycles. The summed E-state index contributed by atoms with van der Waals surface area (Å²) in [6.07, 6.45) is 3.39. The van der Waals surface area contributed by atoms with Gasteiger partial charge in [-0.1, -0.05) is 0 Å². The minimum Gasteiger partial charge on any atom is -0.456 e. The Morgan fingerprint density at radius 1 is 1.26 bits per heavy atom. The number of pyridine rings is 1. The summed E-state index contributed by atoms with van der Waals surface area (Å²) in [6.45, 7) is 2.57. The Labute approximate surface area is 207 Å². The average Bonchev–Trinajstić information content (AvgIpc) is 3.56. The Morgan fingerprint density at radius 2 is 2.06 bits per heavy atom. The molecule has 5 rings (SSSR count). The molecular formula is C26H28N4O4S. The number of thiophene rings is 1. The molecule has 1 N–H and O–H groups in total.